The van der Waals surface area contributed by atoms with Gasteiger partial charge < -0.3 is 10.6 Å². The molecule has 2 N–H and O–H groups in total. The second kappa shape index (κ2) is 7.01. The van der Waals surface area contributed by atoms with Crippen LogP contribution in [0.1, 0.15) is 43.7 Å². The molecule has 3 rings (SSSR count). The highest BCUT2D eigenvalue weighted by molar-refractivity contribution is 6.16. The summed E-state index contributed by atoms with van der Waals surface area (Å²) in [5.74, 6) is -0.160. The molecule has 0 unspecified atom stereocenters. The molecule has 0 spiro atoms. The van der Waals surface area contributed by atoms with E-state index in [1.165, 1.54) is 5.56 Å². The van der Waals surface area contributed by atoms with Crippen LogP contribution in [0.5, 0.6) is 0 Å². The average Bonchev–Trinajstić information content (AvgIpc) is 3.45. The van der Waals surface area contributed by atoms with Gasteiger partial charge in [0.2, 0.25) is 11.8 Å². The van der Waals surface area contributed by atoms with Gasteiger partial charge in [0.05, 0.1) is 11.6 Å². The molecule has 5 nitrogen and oxygen atoms in total. The zero-order valence-electron chi connectivity index (χ0n) is 14.9. The number of anilines is 2. The van der Waals surface area contributed by atoms with Gasteiger partial charge in [-0.05, 0) is 60.7 Å². The number of carbonyl (C=O) groups is 2. The fourth-order valence-corrected chi connectivity index (χ4v) is 2.76. The number of hydrogen-bond acceptors (Lipinski definition) is 3. The summed E-state index contributed by atoms with van der Waals surface area (Å²) in [7, 11) is 0. The molecular formula is C21H21N3O2. The van der Waals surface area contributed by atoms with E-state index in [4.69, 9.17) is 5.26 Å². The molecule has 0 saturated heterocycles. The molecule has 1 fully saturated rings. The molecule has 5 heteroatoms. The Bertz CT molecular complexity index is 858. The lowest BCUT2D eigenvalue weighted by molar-refractivity contribution is -0.131. The molecule has 1 aliphatic rings. The highest BCUT2D eigenvalue weighted by Gasteiger charge is 2.56. The molecule has 1 saturated carbocycles. The van der Waals surface area contributed by atoms with Gasteiger partial charge >= 0.3 is 0 Å². The predicted molar refractivity (Wildman–Crippen MR) is 101 cm³/mol. The summed E-state index contributed by atoms with van der Waals surface area (Å²) < 4.78 is 0. The third-order valence-electron chi connectivity index (χ3n) is 4.73. The van der Waals surface area contributed by atoms with Crippen LogP contribution in [0.15, 0.2) is 48.5 Å². The summed E-state index contributed by atoms with van der Waals surface area (Å²) in [6, 6.07) is 16.3. The SMILES string of the molecule is CC(C)c1ccc(NC(=O)C2(C(=O)Nc3ccc(C#N)cc3)CC2)cc1. The molecule has 0 heterocycles. The third-order valence-corrected chi connectivity index (χ3v) is 4.73. The molecule has 0 bridgehead atoms. The highest BCUT2D eigenvalue weighted by atomic mass is 16.2. The summed E-state index contributed by atoms with van der Waals surface area (Å²) in [6.07, 6.45) is 1.07. The lowest BCUT2D eigenvalue weighted by atomic mass is 10.0. The molecule has 2 aromatic carbocycles. The first-order valence-corrected chi connectivity index (χ1v) is 8.68. The van der Waals surface area contributed by atoms with Crippen molar-refractivity contribution >= 4 is 23.2 Å². The largest absolute Gasteiger partial charge is 0.325 e. The van der Waals surface area contributed by atoms with Crippen LogP contribution in [0.25, 0.3) is 0 Å². The molecule has 0 radical (unpaired) electrons. The Morgan fingerprint density at radius 3 is 1.77 bits per heavy atom. The Morgan fingerprint density at radius 2 is 1.38 bits per heavy atom. The number of nitriles is 1. The number of carbonyl (C=O) groups excluding carboxylic acids is 2. The Morgan fingerprint density at radius 1 is 0.923 bits per heavy atom. The number of amides is 2. The van der Waals surface area contributed by atoms with E-state index in [0.29, 0.717) is 35.7 Å². The van der Waals surface area contributed by atoms with Crippen LogP contribution < -0.4 is 10.6 Å². The number of nitrogens with one attached hydrogen (secondary N) is 2. The maximum atomic E-state index is 12.6. The maximum absolute atomic E-state index is 12.6. The van der Waals surface area contributed by atoms with Crippen molar-refractivity contribution in [3.63, 3.8) is 0 Å². The monoisotopic (exact) mass is 347 g/mol. The van der Waals surface area contributed by atoms with Crippen LogP contribution >= 0.6 is 0 Å². The van der Waals surface area contributed by atoms with Crippen molar-refractivity contribution in [2.24, 2.45) is 5.41 Å². The molecule has 26 heavy (non-hydrogen) atoms. The van der Waals surface area contributed by atoms with E-state index in [0.717, 1.165) is 0 Å². The van der Waals surface area contributed by atoms with Crippen LogP contribution in [-0.4, -0.2) is 11.8 Å². The fraction of sp³-hybridized carbons (Fsp3) is 0.286. The van der Waals surface area contributed by atoms with E-state index in [1.807, 2.05) is 30.3 Å². The standard InChI is InChI=1S/C21H21N3O2/c1-14(2)16-5-9-18(10-6-16)24-20(26)21(11-12-21)19(25)23-17-7-3-15(13-22)4-8-17/h3-10,14H,11-12H2,1-2H3,(H,23,25)(H,24,26). The van der Waals surface area contributed by atoms with Crippen LogP contribution in [0.2, 0.25) is 0 Å². The van der Waals surface area contributed by atoms with E-state index in [-0.39, 0.29) is 11.8 Å². The lowest BCUT2D eigenvalue weighted by Crippen LogP contribution is -2.35. The molecule has 0 atom stereocenters. The van der Waals surface area contributed by atoms with Crippen LogP contribution in [0.3, 0.4) is 0 Å². The van der Waals surface area contributed by atoms with Gasteiger partial charge in [-0.2, -0.15) is 5.26 Å². The van der Waals surface area contributed by atoms with Crippen LogP contribution in [-0.2, 0) is 9.59 Å². The number of nitrogens with zero attached hydrogens (tertiary/aromatic N) is 1. The normalized spacial score (nSPS) is 14.4. The van der Waals surface area contributed by atoms with E-state index >= 15 is 0 Å². The molecule has 1 aliphatic carbocycles. The second-order valence-corrected chi connectivity index (χ2v) is 6.96. The van der Waals surface area contributed by atoms with Gasteiger partial charge in [0.1, 0.15) is 5.41 Å². The van der Waals surface area contributed by atoms with E-state index in [9.17, 15) is 9.59 Å². The van der Waals surface area contributed by atoms with Crippen molar-refractivity contribution in [1.82, 2.24) is 0 Å². The second-order valence-electron chi connectivity index (χ2n) is 6.96. The highest BCUT2D eigenvalue weighted by Crippen LogP contribution is 2.47. The summed E-state index contributed by atoms with van der Waals surface area (Å²) >= 11 is 0. The smallest absolute Gasteiger partial charge is 0.240 e. The zero-order valence-corrected chi connectivity index (χ0v) is 14.9. The zero-order chi connectivity index (χ0) is 18.7. The molecule has 2 amide bonds. The minimum atomic E-state index is -1.01. The summed E-state index contributed by atoms with van der Waals surface area (Å²) in [5.41, 5.74) is 1.98. The molecule has 0 aromatic heterocycles. The third kappa shape index (κ3) is 3.60. The Kier molecular flexibility index (Phi) is 4.77. The van der Waals surface area contributed by atoms with E-state index < -0.39 is 5.41 Å². The Hall–Kier alpha value is -3.13. The first-order valence-electron chi connectivity index (χ1n) is 8.68. The molecule has 132 valence electrons. The Balaban J connectivity index is 1.66. The predicted octanol–water partition coefficient (Wildman–Crippen LogP) is 4.04. The number of benzene rings is 2. The van der Waals surface area contributed by atoms with Gasteiger partial charge in [-0.3, -0.25) is 9.59 Å². The van der Waals surface area contributed by atoms with Crippen molar-refractivity contribution in [3.8, 4) is 6.07 Å². The minimum Gasteiger partial charge on any atom is -0.325 e. The topological polar surface area (TPSA) is 82.0 Å². The van der Waals surface area contributed by atoms with Crippen LogP contribution in [0.4, 0.5) is 11.4 Å². The first-order chi connectivity index (χ1) is 12.4. The Labute approximate surface area is 153 Å². The molecule has 0 aliphatic heterocycles. The van der Waals surface area contributed by atoms with Gasteiger partial charge in [-0.15, -0.1) is 0 Å². The van der Waals surface area contributed by atoms with Crippen molar-refractivity contribution in [3.05, 3.63) is 59.7 Å². The number of hydrogen-bond donors (Lipinski definition) is 2. The van der Waals surface area contributed by atoms with Crippen molar-refractivity contribution in [2.75, 3.05) is 10.6 Å². The fourth-order valence-electron chi connectivity index (χ4n) is 2.76. The van der Waals surface area contributed by atoms with Gasteiger partial charge in [-0.25, -0.2) is 0 Å². The van der Waals surface area contributed by atoms with Crippen molar-refractivity contribution in [1.29, 1.82) is 5.26 Å². The van der Waals surface area contributed by atoms with Gasteiger partial charge in [0, 0.05) is 11.4 Å². The maximum Gasteiger partial charge on any atom is 0.240 e. The minimum absolute atomic E-state index is 0.277. The van der Waals surface area contributed by atoms with Crippen LogP contribution in [0, 0.1) is 16.7 Å². The number of rotatable bonds is 5. The van der Waals surface area contributed by atoms with Gasteiger partial charge in [-0.1, -0.05) is 26.0 Å². The summed E-state index contributed by atoms with van der Waals surface area (Å²) in [5, 5.41) is 14.5. The van der Waals surface area contributed by atoms with E-state index in [1.54, 1.807) is 24.3 Å². The van der Waals surface area contributed by atoms with Crippen molar-refractivity contribution in [2.45, 2.75) is 32.6 Å². The summed E-state index contributed by atoms with van der Waals surface area (Å²) in [6.45, 7) is 4.22. The van der Waals surface area contributed by atoms with Gasteiger partial charge in [0.25, 0.3) is 0 Å². The quantitative estimate of drug-likeness (QED) is 0.801. The average molecular weight is 347 g/mol. The molecule has 2 aromatic rings. The summed E-state index contributed by atoms with van der Waals surface area (Å²) in [4.78, 5) is 25.2. The first kappa shape index (κ1) is 17.7. The molecular weight excluding hydrogens is 326 g/mol. The van der Waals surface area contributed by atoms with Crippen molar-refractivity contribution < 1.29 is 9.59 Å². The van der Waals surface area contributed by atoms with E-state index in [2.05, 4.69) is 24.5 Å². The van der Waals surface area contributed by atoms with Gasteiger partial charge in [0.15, 0.2) is 0 Å². The lowest BCUT2D eigenvalue weighted by Gasteiger charge is -2.16.